The number of hydrogen-bond acceptors (Lipinski definition) is 3. The maximum atomic E-state index is 11.9. The van der Waals surface area contributed by atoms with Crippen molar-refractivity contribution < 1.29 is 4.79 Å². The van der Waals surface area contributed by atoms with Crippen LogP contribution in [-0.4, -0.2) is 23.5 Å². The van der Waals surface area contributed by atoms with Crippen LogP contribution in [-0.2, 0) is 4.79 Å². The van der Waals surface area contributed by atoms with E-state index in [-0.39, 0.29) is 5.91 Å². The van der Waals surface area contributed by atoms with Crippen LogP contribution >= 0.6 is 11.6 Å². The van der Waals surface area contributed by atoms with Gasteiger partial charge in [0.2, 0.25) is 5.91 Å². The topological polar surface area (TPSA) is 54.0 Å². The van der Waals surface area contributed by atoms with Crippen molar-refractivity contribution in [1.82, 2.24) is 10.3 Å². The summed E-state index contributed by atoms with van der Waals surface area (Å²) in [6.45, 7) is 5.46. The molecule has 0 spiro atoms. The summed E-state index contributed by atoms with van der Waals surface area (Å²) in [6.07, 6.45) is 1.61. The Balaban J connectivity index is 2.94. The Labute approximate surface area is 100 Å². The van der Waals surface area contributed by atoms with Crippen LogP contribution in [0, 0.1) is 6.92 Å². The number of pyridine rings is 1. The van der Waals surface area contributed by atoms with Gasteiger partial charge in [-0.25, -0.2) is 4.98 Å². The first kappa shape index (κ1) is 12.9. The van der Waals surface area contributed by atoms with Gasteiger partial charge in [0.1, 0.15) is 0 Å². The summed E-state index contributed by atoms with van der Waals surface area (Å²) in [5.74, 6) is -0.145. The van der Waals surface area contributed by atoms with Crippen molar-refractivity contribution in [3.63, 3.8) is 0 Å². The van der Waals surface area contributed by atoms with Crippen LogP contribution < -0.4 is 10.6 Å². The van der Waals surface area contributed by atoms with Crippen molar-refractivity contribution >= 4 is 23.2 Å². The van der Waals surface area contributed by atoms with Crippen LogP contribution in [0.2, 0.25) is 5.15 Å². The Hall–Kier alpha value is -1.13. The first-order valence-electron chi connectivity index (χ1n) is 5.00. The summed E-state index contributed by atoms with van der Waals surface area (Å²) in [7, 11) is 1.73. The number of carbonyl (C=O) groups is 1. The maximum Gasteiger partial charge on any atom is 0.244 e. The van der Waals surface area contributed by atoms with Gasteiger partial charge in [0.05, 0.1) is 11.2 Å². The average molecular weight is 242 g/mol. The molecule has 1 heterocycles. The minimum Gasteiger partial charge on any atom is -0.322 e. The van der Waals surface area contributed by atoms with E-state index < -0.39 is 5.54 Å². The van der Waals surface area contributed by atoms with Crippen molar-refractivity contribution in [3.8, 4) is 0 Å². The number of nitrogens with one attached hydrogen (secondary N) is 2. The van der Waals surface area contributed by atoms with Gasteiger partial charge >= 0.3 is 0 Å². The largest absolute Gasteiger partial charge is 0.322 e. The number of carbonyl (C=O) groups excluding carboxylic acids is 1. The molecule has 0 saturated heterocycles. The minimum absolute atomic E-state index is 0.145. The number of amides is 1. The Bertz CT molecular complexity index is 384. The zero-order chi connectivity index (χ0) is 12.3. The third-order valence-corrected chi connectivity index (χ3v) is 2.83. The number of aryl methyl sites for hydroxylation is 1. The van der Waals surface area contributed by atoms with Crippen molar-refractivity contribution in [3.05, 3.63) is 23.0 Å². The van der Waals surface area contributed by atoms with E-state index in [0.29, 0.717) is 10.8 Å². The SMILES string of the molecule is CNC(C)(C)C(=O)Nc1c(C)ccnc1Cl. The number of rotatable bonds is 3. The number of nitrogens with zero attached hydrogens (tertiary/aromatic N) is 1. The van der Waals surface area contributed by atoms with E-state index in [2.05, 4.69) is 15.6 Å². The third kappa shape index (κ3) is 2.71. The molecule has 5 heteroatoms. The molecule has 0 aromatic carbocycles. The molecule has 0 atom stereocenters. The fourth-order valence-corrected chi connectivity index (χ4v) is 1.31. The highest BCUT2D eigenvalue weighted by atomic mass is 35.5. The molecule has 0 radical (unpaired) electrons. The Morgan fingerprint density at radius 2 is 2.12 bits per heavy atom. The van der Waals surface area contributed by atoms with Gasteiger partial charge in [-0.05, 0) is 39.4 Å². The summed E-state index contributed by atoms with van der Waals surface area (Å²) < 4.78 is 0. The lowest BCUT2D eigenvalue weighted by atomic mass is 10.0. The lowest BCUT2D eigenvalue weighted by molar-refractivity contribution is -0.121. The van der Waals surface area contributed by atoms with Gasteiger partial charge in [0, 0.05) is 6.20 Å². The molecule has 1 aromatic rings. The lowest BCUT2D eigenvalue weighted by Gasteiger charge is -2.23. The Morgan fingerprint density at radius 3 is 2.62 bits per heavy atom. The molecule has 0 unspecified atom stereocenters. The standard InChI is InChI=1S/C11H16ClN3O/c1-7-5-6-14-9(12)8(7)15-10(16)11(2,3)13-4/h5-6,13H,1-4H3,(H,15,16). The number of anilines is 1. The monoisotopic (exact) mass is 241 g/mol. The molecule has 1 rings (SSSR count). The molecular formula is C11H16ClN3O. The first-order valence-corrected chi connectivity index (χ1v) is 5.37. The Kier molecular flexibility index (Phi) is 3.88. The first-order chi connectivity index (χ1) is 7.38. The van der Waals surface area contributed by atoms with Gasteiger partial charge in [-0.3, -0.25) is 4.79 Å². The van der Waals surface area contributed by atoms with Gasteiger partial charge in [-0.1, -0.05) is 11.6 Å². The fourth-order valence-electron chi connectivity index (χ4n) is 1.06. The number of halogens is 1. The molecule has 1 aromatic heterocycles. The van der Waals surface area contributed by atoms with Crippen molar-refractivity contribution in [2.45, 2.75) is 26.3 Å². The number of hydrogen-bond donors (Lipinski definition) is 2. The average Bonchev–Trinajstić information content (AvgIpc) is 2.23. The second-order valence-electron chi connectivity index (χ2n) is 4.12. The molecule has 0 aliphatic heterocycles. The molecule has 88 valence electrons. The third-order valence-electron chi connectivity index (χ3n) is 2.54. The maximum absolute atomic E-state index is 11.9. The molecule has 0 aliphatic rings. The van der Waals surface area contributed by atoms with Crippen LogP contribution in [0.4, 0.5) is 5.69 Å². The second-order valence-corrected chi connectivity index (χ2v) is 4.48. The molecule has 1 amide bonds. The van der Waals surface area contributed by atoms with Gasteiger partial charge in [0.25, 0.3) is 0 Å². The van der Waals surface area contributed by atoms with Gasteiger partial charge in [-0.15, -0.1) is 0 Å². The summed E-state index contributed by atoms with van der Waals surface area (Å²) in [6, 6.07) is 1.80. The van der Waals surface area contributed by atoms with Crippen LogP contribution in [0.25, 0.3) is 0 Å². The van der Waals surface area contributed by atoms with E-state index in [4.69, 9.17) is 11.6 Å². The summed E-state index contributed by atoms with van der Waals surface area (Å²) in [5.41, 5.74) is 0.809. The highest BCUT2D eigenvalue weighted by Crippen LogP contribution is 2.23. The number of aromatic nitrogens is 1. The van der Waals surface area contributed by atoms with Crippen LogP contribution in [0.5, 0.6) is 0 Å². The zero-order valence-electron chi connectivity index (χ0n) is 9.89. The lowest BCUT2D eigenvalue weighted by Crippen LogP contribution is -2.48. The highest BCUT2D eigenvalue weighted by molar-refractivity contribution is 6.32. The molecule has 0 bridgehead atoms. The molecule has 2 N–H and O–H groups in total. The van der Waals surface area contributed by atoms with Gasteiger partial charge in [-0.2, -0.15) is 0 Å². The van der Waals surface area contributed by atoms with E-state index in [0.717, 1.165) is 5.56 Å². The zero-order valence-corrected chi connectivity index (χ0v) is 10.6. The fraction of sp³-hybridized carbons (Fsp3) is 0.455. The molecule has 0 fully saturated rings. The van der Waals surface area contributed by atoms with Crippen molar-refractivity contribution in [2.75, 3.05) is 12.4 Å². The highest BCUT2D eigenvalue weighted by Gasteiger charge is 2.26. The minimum atomic E-state index is -0.647. The second kappa shape index (κ2) is 4.80. The molecule has 0 saturated carbocycles. The van der Waals surface area contributed by atoms with E-state index in [1.54, 1.807) is 33.2 Å². The van der Waals surface area contributed by atoms with E-state index in [9.17, 15) is 4.79 Å². The summed E-state index contributed by atoms with van der Waals surface area (Å²) in [4.78, 5) is 15.8. The van der Waals surface area contributed by atoms with Crippen molar-refractivity contribution in [1.29, 1.82) is 0 Å². The molecule has 0 aliphatic carbocycles. The van der Waals surface area contributed by atoms with Crippen LogP contribution in [0.15, 0.2) is 12.3 Å². The van der Waals surface area contributed by atoms with Gasteiger partial charge < -0.3 is 10.6 Å². The predicted molar refractivity (Wildman–Crippen MR) is 65.8 cm³/mol. The van der Waals surface area contributed by atoms with Crippen LogP contribution in [0.3, 0.4) is 0 Å². The van der Waals surface area contributed by atoms with Gasteiger partial charge in [0.15, 0.2) is 5.15 Å². The molecular weight excluding hydrogens is 226 g/mol. The van der Waals surface area contributed by atoms with Crippen molar-refractivity contribution in [2.24, 2.45) is 0 Å². The normalized spacial score (nSPS) is 11.3. The summed E-state index contributed by atoms with van der Waals surface area (Å²) >= 11 is 5.92. The molecule has 16 heavy (non-hydrogen) atoms. The number of likely N-dealkylation sites (N-methyl/N-ethyl adjacent to an activating group) is 1. The van der Waals surface area contributed by atoms with E-state index in [1.165, 1.54) is 0 Å². The Morgan fingerprint density at radius 1 is 1.50 bits per heavy atom. The predicted octanol–water partition coefficient (Wildman–Crippen LogP) is 1.98. The quantitative estimate of drug-likeness (QED) is 0.796. The summed E-state index contributed by atoms with van der Waals surface area (Å²) in [5, 5.41) is 6.00. The smallest absolute Gasteiger partial charge is 0.244 e. The van der Waals surface area contributed by atoms with E-state index >= 15 is 0 Å². The molecule has 4 nitrogen and oxygen atoms in total. The van der Waals surface area contributed by atoms with E-state index in [1.807, 2.05) is 6.92 Å². The van der Waals surface area contributed by atoms with Crippen LogP contribution in [0.1, 0.15) is 19.4 Å².